The van der Waals surface area contributed by atoms with Crippen LogP contribution in [0.1, 0.15) is 0 Å². The molecule has 0 rings (SSSR count). The minimum Gasteiger partial charge on any atom is -0.375 e. The monoisotopic (exact) mass is 168 g/mol. The van der Waals surface area contributed by atoms with Gasteiger partial charge in [-0.1, -0.05) is 19.2 Å². The van der Waals surface area contributed by atoms with E-state index >= 15 is 0 Å². The van der Waals surface area contributed by atoms with Crippen LogP contribution in [0.25, 0.3) is 0 Å². The smallest absolute Gasteiger partial charge is 0.129 e. The maximum absolute atomic E-state index is 9.27. The highest BCUT2D eigenvalue weighted by atomic mass is 16.3. The Morgan fingerprint density at radius 2 is 1.42 bits per heavy atom. The summed E-state index contributed by atoms with van der Waals surface area (Å²) >= 11 is 0. The average molecular weight is 168 g/mol. The minimum absolute atomic E-state index is 0.934. The highest BCUT2D eigenvalue weighted by Crippen LogP contribution is 2.06. The van der Waals surface area contributed by atoms with Crippen molar-refractivity contribution in [3.63, 3.8) is 0 Å². The van der Waals surface area contributed by atoms with Gasteiger partial charge in [-0.3, -0.25) is 0 Å². The molecule has 1 radical (unpaired) electrons. The molecule has 0 amide bonds. The molecule has 2 atom stereocenters. The molecule has 0 aromatic carbocycles. The Morgan fingerprint density at radius 1 is 1.00 bits per heavy atom. The molecule has 0 aliphatic heterocycles. The lowest BCUT2D eigenvalue weighted by Gasteiger charge is -2.26. The van der Waals surface area contributed by atoms with E-state index in [1.165, 1.54) is 29.7 Å². The van der Waals surface area contributed by atoms with E-state index in [0.717, 1.165) is 0 Å². The van der Waals surface area contributed by atoms with E-state index in [1.807, 2.05) is 0 Å². The topological polar surface area (TPSA) is 43.7 Å². The van der Waals surface area contributed by atoms with E-state index < -0.39 is 12.5 Å². The van der Waals surface area contributed by atoms with Crippen molar-refractivity contribution in [1.82, 2.24) is 4.90 Å². The Kier molecular flexibility index (Phi) is 5.28. The van der Waals surface area contributed by atoms with Crippen molar-refractivity contribution >= 4 is 0 Å². The highest BCUT2D eigenvalue weighted by Gasteiger charge is 2.16. The quantitative estimate of drug-likeness (QED) is 0.452. The fourth-order valence-corrected chi connectivity index (χ4v) is 0.698. The minimum atomic E-state index is -0.934. The molecule has 0 fully saturated rings. The molecule has 3 heteroatoms. The van der Waals surface area contributed by atoms with Gasteiger partial charge in [0.1, 0.15) is 12.5 Å². The summed E-state index contributed by atoms with van der Waals surface area (Å²) in [6.45, 7) is 11.7. The van der Waals surface area contributed by atoms with Crippen molar-refractivity contribution < 1.29 is 10.2 Å². The number of aliphatic hydroxyl groups is 2. The summed E-state index contributed by atoms with van der Waals surface area (Å²) in [7, 11) is 0. The second-order valence-electron chi connectivity index (χ2n) is 2.13. The Morgan fingerprint density at radius 3 is 1.67 bits per heavy atom. The first kappa shape index (κ1) is 11.1. The summed E-state index contributed by atoms with van der Waals surface area (Å²) < 4.78 is 0. The molecule has 0 heterocycles. The van der Waals surface area contributed by atoms with Crippen LogP contribution in [0.5, 0.6) is 0 Å². The van der Waals surface area contributed by atoms with Crippen molar-refractivity contribution in [3.05, 3.63) is 44.5 Å². The fraction of sp³-hybridized carbons (Fsp3) is 0.222. The number of hydrogen-bond donors (Lipinski definition) is 2. The van der Waals surface area contributed by atoms with Crippen molar-refractivity contribution in [2.75, 3.05) is 0 Å². The van der Waals surface area contributed by atoms with Crippen LogP contribution in [-0.4, -0.2) is 27.6 Å². The standard InChI is InChI=1S/C9H14NO2/c1-4-7-10(8(11)5-2)9(12)6-3/h4-9,11-12H,1-3H2. The van der Waals surface area contributed by atoms with Crippen LogP contribution in [0, 0.1) is 6.54 Å². The van der Waals surface area contributed by atoms with Gasteiger partial charge in [0.15, 0.2) is 0 Å². The summed E-state index contributed by atoms with van der Waals surface area (Å²) in [4.78, 5) is 1.26. The fourth-order valence-electron chi connectivity index (χ4n) is 0.698. The number of aliphatic hydroxyl groups excluding tert-OH is 2. The predicted molar refractivity (Wildman–Crippen MR) is 48.7 cm³/mol. The maximum Gasteiger partial charge on any atom is 0.129 e. The van der Waals surface area contributed by atoms with Gasteiger partial charge in [-0.25, -0.2) is 4.90 Å². The molecule has 0 saturated heterocycles. The summed E-state index contributed by atoms with van der Waals surface area (Å²) in [5.74, 6) is 0. The van der Waals surface area contributed by atoms with Gasteiger partial charge in [0.2, 0.25) is 0 Å². The number of nitrogens with zero attached hydrogens (tertiary/aromatic N) is 1. The zero-order valence-corrected chi connectivity index (χ0v) is 6.93. The largest absolute Gasteiger partial charge is 0.375 e. The van der Waals surface area contributed by atoms with Crippen molar-refractivity contribution in [2.45, 2.75) is 12.5 Å². The van der Waals surface area contributed by atoms with Gasteiger partial charge in [-0.15, -0.1) is 6.58 Å². The molecule has 0 aliphatic rings. The lowest BCUT2D eigenvalue weighted by atomic mass is 10.3. The summed E-state index contributed by atoms with van der Waals surface area (Å²) in [5.41, 5.74) is 0. The Hall–Kier alpha value is -0.900. The van der Waals surface area contributed by atoms with Gasteiger partial charge in [0.25, 0.3) is 0 Å². The zero-order valence-electron chi connectivity index (χ0n) is 6.93. The Bertz CT molecular complexity index is 154. The van der Waals surface area contributed by atoms with Crippen molar-refractivity contribution in [2.24, 2.45) is 0 Å². The molecular formula is C9H14NO2. The summed E-state index contributed by atoms with van der Waals surface area (Å²) in [5, 5.41) is 18.5. The third-order valence-corrected chi connectivity index (χ3v) is 1.31. The van der Waals surface area contributed by atoms with Crippen molar-refractivity contribution in [3.8, 4) is 0 Å². The third kappa shape index (κ3) is 3.00. The molecule has 0 bridgehead atoms. The third-order valence-electron chi connectivity index (χ3n) is 1.31. The van der Waals surface area contributed by atoms with Gasteiger partial charge < -0.3 is 10.2 Å². The first-order valence-electron chi connectivity index (χ1n) is 3.52. The van der Waals surface area contributed by atoms with Crippen LogP contribution in [0.15, 0.2) is 38.0 Å². The molecule has 67 valence electrons. The molecule has 3 nitrogen and oxygen atoms in total. The van der Waals surface area contributed by atoms with E-state index in [0.29, 0.717) is 0 Å². The van der Waals surface area contributed by atoms with Crippen LogP contribution >= 0.6 is 0 Å². The normalized spacial score (nSPS) is 15.2. The zero-order chi connectivity index (χ0) is 9.56. The summed E-state index contributed by atoms with van der Waals surface area (Å²) in [6, 6.07) is 0. The van der Waals surface area contributed by atoms with E-state index in [9.17, 15) is 10.2 Å². The van der Waals surface area contributed by atoms with E-state index in [1.54, 1.807) is 0 Å². The Labute approximate surface area is 72.9 Å². The van der Waals surface area contributed by atoms with E-state index in [-0.39, 0.29) is 0 Å². The van der Waals surface area contributed by atoms with Crippen LogP contribution in [0.2, 0.25) is 0 Å². The molecular weight excluding hydrogens is 154 g/mol. The maximum atomic E-state index is 9.27. The molecule has 0 saturated carbocycles. The van der Waals surface area contributed by atoms with E-state index in [2.05, 4.69) is 19.7 Å². The van der Waals surface area contributed by atoms with Gasteiger partial charge in [0, 0.05) is 0 Å². The molecule has 2 N–H and O–H groups in total. The van der Waals surface area contributed by atoms with Gasteiger partial charge >= 0.3 is 0 Å². The lowest BCUT2D eigenvalue weighted by molar-refractivity contribution is -0.0312. The van der Waals surface area contributed by atoms with Gasteiger partial charge in [-0.05, 0) is 12.2 Å². The molecule has 0 spiro atoms. The SMILES string of the molecule is C=C[CH]N(C(O)C=C)C(O)C=C. The number of hydrogen-bond acceptors (Lipinski definition) is 3. The molecule has 2 unspecified atom stereocenters. The first-order valence-corrected chi connectivity index (χ1v) is 3.52. The molecule has 0 aliphatic carbocycles. The summed E-state index contributed by atoms with van der Waals surface area (Å²) in [6.07, 6.45) is 2.19. The average Bonchev–Trinajstić information content (AvgIpc) is 2.11. The van der Waals surface area contributed by atoms with Crippen LogP contribution in [-0.2, 0) is 0 Å². The van der Waals surface area contributed by atoms with Gasteiger partial charge in [0.05, 0.1) is 6.54 Å². The van der Waals surface area contributed by atoms with Crippen LogP contribution in [0.3, 0.4) is 0 Å². The number of rotatable bonds is 6. The lowest BCUT2D eigenvalue weighted by Crippen LogP contribution is -2.38. The molecule has 0 aromatic heterocycles. The second kappa shape index (κ2) is 5.71. The van der Waals surface area contributed by atoms with E-state index in [4.69, 9.17) is 0 Å². The van der Waals surface area contributed by atoms with Crippen LogP contribution in [0.4, 0.5) is 0 Å². The highest BCUT2D eigenvalue weighted by molar-refractivity contribution is 4.96. The Balaban J connectivity index is 4.28. The van der Waals surface area contributed by atoms with Crippen LogP contribution < -0.4 is 0 Å². The van der Waals surface area contributed by atoms with Gasteiger partial charge in [-0.2, -0.15) is 0 Å². The molecule has 0 aromatic rings. The first-order chi connectivity index (χ1) is 5.67. The van der Waals surface area contributed by atoms with Crippen molar-refractivity contribution in [1.29, 1.82) is 0 Å². The predicted octanol–water partition coefficient (Wildman–Crippen LogP) is 0.645. The second-order valence-corrected chi connectivity index (χ2v) is 2.13. The molecule has 12 heavy (non-hydrogen) atoms.